The zero-order chi connectivity index (χ0) is 29.3. The Kier molecular flexibility index (Phi) is 9.63. The molecule has 1 amide bonds. The van der Waals surface area contributed by atoms with Crippen LogP contribution >= 0.6 is 23.2 Å². The lowest BCUT2D eigenvalue weighted by molar-refractivity contribution is -0.163. The number of hydrogen-bond donors (Lipinski definition) is 0. The molecule has 40 heavy (non-hydrogen) atoms. The van der Waals surface area contributed by atoms with Crippen LogP contribution in [0, 0.1) is 5.41 Å². The van der Waals surface area contributed by atoms with Crippen molar-refractivity contribution in [3.05, 3.63) is 69.7 Å². The first-order valence-corrected chi connectivity index (χ1v) is 16.7. The fourth-order valence-electron chi connectivity index (χ4n) is 6.34. The fraction of sp³-hybridized carbons (Fsp3) is 0.581. The van der Waals surface area contributed by atoms with Crippen LogP contribution in [0.2, 0.25) is 10.0 Å². The highest BCUT2D eigenvalue weighted by molar-refractivity contribution is 7.91. The summed E-state index contributed by atoms with van der Waals surface area (Å²) in [6.07, 6.45) is 1.86. The van der Waals surface area contributed by atoms with Gasteiger partial charge in [-0.3, -0.25) is 4.79 Å². The van der Waals surface area contributed by atoms with Crippen LogP contribution in [0.15, 0.2) is 48.5 Å². The van der Waals surface area contributed by atoms with E-state index in [0.717, 1.165) is 11.1 Å². The minimum absolute atomic E-state index is 0.0137. The van der Waals surface area contributed by atoms with Gasteiger partial charge in [-0.25, -0.2) is 8.42 Å². The first kappa shape index (κ1) is 31.3. The highest BCUT2D eigenvalue weighted by Crippen LogP contribution is 2.53. The largest absolute Gasteiger partial charge is 0.348 e. The molecule has 2 aromatic carbocycles. The van der Waals surface area contributed by atoms with Crippen molar-refractivity contribution in [1.82, 2.24) is 4.90 Å². The molecule has 2 aliphatic heterocycles. The first-order valence-electron chi connectivity index (χ1n) is 14.1. The molecule has 0 N–H and O–H groups in total. The maximum atomic E-state index is 14.7. The van der Waals surface area contributed by atoms with Gasteiger partial charge in [0.05, 0.1) is 24.5 Å². The molecule has 0 aliphatic carbocycles. The van der Waals surface area contributed by atoms with Crippen LogP contribution in [-0.4, -0.2) is 55.3 Å². The van der Waals surface area contributed by atoms with Crippen molar-refractivity contribution in [2.24, 2.45) is 5.41 Å². The summed E-state index contributed by atoms with van der Waals surface area (Å²) in [7, 11) is -3.21. The fourth-order valence-corrected chi connectivity index (χ4v) is 7.58. The van der Waals surface area contributed by atoms with Crippen molar-refractivity contribution in [3.63, 3.8) is 0 Å². The number of carbonyl (C=O) groups is 1. The molecule has 0 spiro atoms. The molecule has 2 fully saturated rings. The molecule has 220 valence electrons. The monoisotopic (exact) mass is 609 g/mol. The minimum atomic E-state index is -3.21. The lowest BCUT2D eigenvalue weighted by Gasteiger charge is -2.52. The molecule has 0 aromatic heterocycles. The first-order chi connectivity index (χ1) is 18.8. The summed E-state index contributed by atoms with van der Waals surface area (Å²) in [5.74, 6) is -0.660. The number of carbonyl (C=O) groups excluding carboxylic acids is 1. The van der Waals surface area contributed by atoms with Gasteiger partial charge >= 0.3 is 0 Å². The third kappa shape index (κ3) is 7.04. The number of ether oxygens (including phenoxy) is 2. The van der Waals surface area contributed by atoms with E-state index >= 15 is 0 Å². The van der Waals surface area contributed by atoms with Gasteiger partial charge in [0.25, 0.3) is 0 Å². The van der Waals surface area contributed by atoms with Gasteiger partial charge in [-0.2, -0.15) is 0 Å². The quantitative estimate of drug-likeness (QED) is 0.285. The molecule has 0 bridgehead atoms. The van der Waals surface area contributed by atoms with Crippen molar-refractivity contribution in [2.75, 3.05) is 18.1 Å². The Bertz CT molecular complexity index is 1300. The molecule has 2 heterocycles. The molecule has 2 aromatic rings. The van der Waals surface area contributed by atoms with E-state index in [1.807, 2.05) is 75.1 Å². The Labute approximate surface area is 249 Å². The predicted octanol–water partition coefficient (Wildman–Crippen LogP) is 7.20. The molecule has 5 unspecified atom stereocenters. The average molecular weight is 611 g/mol. The Morgan fingerprint density at radius 2 is 1.73 bits per heavy atom. The summed E-state index contributed by atoms with van der Waals surface area (Å²) >= 11 is 12.8. The molecule has 0 radical (unpaired) electrons. The number of halogens is 2. The van der Waals surface area contributed by atoms with E-state index in [1.165, 1.54) is 0 Å². The highest BCUT2D eigenvalue weighted by atomic mass is 35.5. The number of amides is 1. The Morgan fingerprint density at radius 1 is 1.02 bits per heavy atom. The van der Waals surface area contributed by atoms with E-state index in [2.05, 4.69) is 6.07 Å². The van der Waals surface area contributed by atoms with Gasteiger partial charge in [-0.1, -0.05) is 68.2 Å². The number of benzene rings is 2. The summed E-state index contributed by atoms with van der Waals surface area (Å²) < 4.78 is 37.1. The highest BCUT2D eigenvalue weighted by Gasteiger charge is 2.53. The van der Waals surface area contributed by atoms with Gasteiger partial charge < -0.3 is 14.4 Å². The van der Waals surface area contributed by atoms with E-state index < -0.39 is 21.0 Å². The van der Waals surface area contributed by atoms with E-state index in [9.17, 15) is 13.2 Å². The summed E-state index contributed by atoms with van der Waals surface area (Å²) in [6, 6.07) is 14.9. The number of likely N-dealkylation sites (tertiary alicyclic amines) is 1. The molecular formula is C31H41Cl2NO5S. The lowest BCUT2D eigenvalue weighted by atomic mass is 9.66. The molecule has 9 heteroatoms. The van der Waals surface area contributed by atoms with Crippen LogP contribution in [0.5, 0.6) is 0 Å². The summed E-state index contributed by atoms with van der Waals surface area (Å²) in [5.41, 5.74) is 1.24. The topological polar surface area (TPSA) is 72.9 Å². The van der Waals surface area contributed by atoms with Crippen LogP contribution in [0.4, 0.5) is 0 Å². The number of hydrogen-bond acceptors (Lipinski definition) is 5. The second-order valence-corrected chi connectivity index (χ2v) is 15.2. The number of piperidine rings is 1. The second-order valence-electron chi connectivity index (χ2n) is 11.9. The maximum Gasteiger partial charge on any atom is 0.229 e. The van der Waals surface area contributed by atoms with Crippen molar-refractivity contribution >= 4 is 38.9 Å². The zero-order valence-electron chi connectivity index (χ0n) is 24.0. The van der Waals surface area contributed by atoms with Crippen LogP contribution in [0.3, 0.4) is 0 Å². The summed E-state index contributed by atoms with van der Waals surface area (Å²) in [4.78, 5) is 16.7. The smallest absolute Gasteiger partial charge is 0.229 e. The molecular weight excluding hydrogens is 569 g/mol. The Balaban J connectivity index is 1.83. The van der Waals surface area contributed by atoms with Crippen molar-refractivity contribution in [3.8, 4) is 0 Å². The van der Waals surface area contributed by atoms with E-state index in [4.69, 9.17) is 32.7 Å². The molecule has 2 saturated heterocycles. The van der Waals surface area contributed by atoms with E-state index in [0.29, 0.717) is 42.3 Å². The van der Waals surface area contributed by atoms with Gasteiger partial charge in [0.15, 0.2) is 5.79 Å². The zero-order valence-corrected chi connectivity index (χ0v) is 26.4. The predicted molar refractivity (Wildman–Crippen MR) is 161 cm³/mol. The van der Waals surface area contributed by atoms with Crippen LogP contribution < -0.4 is 0 Å². The SMILES string of the molecule is CCC(CCS(=O)(=O)CC)N1C(=O)C(C)(CC2COC(C)(C)O2)CC(c2cccc(Cl)c2)C1c1ccc(Cl)cc1. The van der Waals surface area contributed by atoms with Crippen LogP contribution in [0.1, 0.15) is 83.4 Å². The summed E-state index contributed by atoms with van der Waals surface area (Å²) in [5, 5.41) is 1.25. The molecule has 2 aliphatic rings. The third-order valence-electron chi connectivity index (χ3n) is 8.40. The standard InChI is InChI=1S/C31H41Cl2NO5S/c1-6-25(15-16-40(36,37)7-2)34-28(21-11-13-23(32)14-12-21)27(22-9-8-10-24(33)17-22)19-31(5,29(34)35)18-26-20-38-30(3,4)39-26/h8-14,17,25-28H,6-7,15-16,18-20H2,1-5H3. The summed E-state index contributed by atoms with van der Waals surface area (Å²) in [6.45, 7) is 9.89. The number of sulfone groups is 1. The van der Waals surface area contributed by atoms with Gasteiger partial charge in [-0.15, -0.1) is 0 Å². The normalized spacial score (nSPS) is 27.6. The van der Waals surface area contributed by atoms with Gasteiger partial charge in [0.2, 0.25) is 5.91 Å². The Morgan fingerprint density at radius 3 is 2.30 bits per heavy atom. The minimum Gasteiger partial charge on any atom is -0.348 e. The van der Waals surface area contributed by atoms with Crippen LogP contribution in [0.25, 0.3) is 0 Å². The van der Waals surface area contributed by atoms with E-state index in [-0.39, 0.29) is 41.5 Å². The van der Waals surface area contributed by atoms with Crippen molar-refractivity contribution in [1.29, 1.82) is 0 Å². The number of rotatable bonds is 10. The third-order valence-corrected chi connectivity index (χ3v) is 10.6. The van der Waals surface area contributed by atoms with Gasteiger partial charge in [0.1, 0.15) is 9.84 Å². The average Bonchev–Trinajstić information content (AvgIpc) is 3.24. The Hall–Kier alpha value is -1.64. The molecule has 5 atom stereocenters. The van der Waals surface area contributed by atoms with Crippen LogP contribution in [-0.2, 0) is 24.1 Å². The van der Waals surface area contributed by atoms with Crippen molar-refractivity contribution in [2.45, 2.75) is 90.2 Å². The molecule has 0 saturated carbocycles. The number of nitrogens with zero attached hydrogens (tertiary/aromatic N) is 1. The maximum absolute atomic E-state index is 14.7. The molecule has 6 nitrogen and oxygen atoms in total. The molecule has 4 rings (SSSR count). The van der Waals surface area contributed by atoms with Crippen molar-refractivity contribution < 1.29 is 22.7 Å². The second kappa shape index (κ2) is 12.3. The lowest BCUT2D eigenvalue weighted by Crippen LogP contribution is -2.56. The van der Waals surface area contributed by atoms with E-state index in [1.54, 1.807) is 6.92 Å². The van der Waals surface area contributed by atoms with Gasteiger partial charge in [-0.05, 0) is 74.9 Å². The van der Waals surface area contributed by atoms with Gasteiger partial charge in [0, 0.05) is 33.2 Å².